The molecule has 1 aromatic carbocycles. The van der Waals surface area contributed by atoms with E-state index in [9.17, 15) is 9.18 Å². The third-order valence-corrected chi connectivity index (χ3v) is 3.30. The standard InChI is InChI=1S/C16H19FN4O/c1-3-21(4-2)16-19-10-12(11-20-16)9-18-15(22)13-5-7-14(17)8-6-13/h5-8,10-11H,3-4,9H2,1-2H3,(H,18,22). The van der Waals surface area contributed by atoms with Gasteiger partial charge in [0, 0.05) is 43.2 Å². The highest BCUT2D eigenvalue weighted by Crippen LogP contribution is 2.07. The largest absolute Gasteiger partial charge is 0.348 e. The van der Waals surface area contributed by atoms with Gasteiger partial charge in [0.2, 0.25) is 5.95 Å². The summed E-state index contributed by atoms with van der Waals surface area (Å²) in [4.78, 5) is 22.6. The Morgan fingerprint density at radius 2 is 1.73 bits per heavy atom. The van der Waals surface area contributed by atoms with Crippen LogP contribution in [0.15, 0.2) is 36.7 Å². The number of anilines is 1. The predicted molar refractivity (Wildman–Crippen MR) is 83.2 cm³/mol. The molecular weight excluding hydrogens is 283 g/mol. The molecule has 0 radical (unpaired) electrons. The minimum atomic E-state index is -0.364. The Balaban J connectivity index is 1.94. The summed E-state index contributed by atoms with van der Waals surface area (Å²) >= 11 is 0. The van der Waals surface area contributed by atoms with Crippen molar-refractivity contribution in [3.05, 3.63) is 53.6 Å². The van der Waals surface area contributed by atoms with Crippen molar-refractivity contribution >= 4 is 11.9 Å². The van der Waals surface area contributed by atoms with Crippen molar-refractivity contribution < 1.29 is 9.18 Å². The maximum absolute atomic E-state index is 12.8. The molecular formula is C16H19FN4O. The van der Waals surface area contributed by atoms with Gasteiger partial charge in [0.25, 0.3) is 5.91 Å². The second-order valence-corrected chi connectivity index (χ2v) is 4.75. The summed E-state index contributed by atoms with van der Waals surface area (Å²) in [5.41, 5.74) is 1.23. The van der Waals surface area contributed by atoms with Gasteiger partial charge in [0.05, 0.1) is 0 Å². The maximum Gasteiger partial charge on any atom is 0.251 e. The van der Waals surface area contributed by atoms with E-state index in [-0.39, 0.29) is 11.7 Å². The van der Waals surface area contributed by atoms with E-state index in [0.29, 0.717) is 18.1 Å². The van der Waals surface area contributed by atoms with Gasteiger partial charge < -0.3 is 10.2 Å². The molecule has 6 heteroatoms. The van der Waals surface area contributed by atoms with E-state index in [4.69, 9.17) is 0 Å². The van der Waals surface area contributed by atoms with Crippen LogP contribution >= 0.6 is 0 Å². The van der Waals surface area contributed by atoms with Crippen LogP contribution in [0, 0.1) is 5.82 Å². The van der Waals surface area contributed by atoms with E-state index in [2.05, 4.69) is 15.3 Å². The summed E-state index contributed by atoms with van der Waals surface area (Å²) in [6.07, 6.45) is 3.40. The number of aromatic nitrogens is 2. The number of hydrogen-bond donors (Lipinski definition) is 1. The summed E-state index contributed by atoms with van der Waals surface area (Å²) in [5, 5.41) is 2.76. The number of amides is 1. The van der Waals surface area contributed by atoms with Crippen molar-refractivity contribution in [1.82, 2.24) is 15.3 Å². The molecule has 2 aromatic rings. The maximum atomic E-state index is 12.8. The Kier molecular flexibility index (Phi) is 5.41. The van der Waals surface area contributed by atoms with Crippen LogP contribution in [0.4, 0.5) is 10.3 Å². The highest BCUT2D eigenvalue weighted by atomic mass is 19.1. The first kappa shape index (κ1) is 15.9. The first-order valence-corrected chi connectivity index (χ1v) is 7.23. The molecule has 2 rings (SSSR count). The number of rotatable bonds is 6. The minimum absolute atomic E-state index is 0.257. The minimum Gasteiger partial charge on any atom is -0.348 e. The molecule has 0 saturated heterocycles. The van der Waals surface area contributed by atoms with Gasteiger partial charge in [-0.2, -0.15) is 0 Å². The molecule has 0 atom stereocenters. The lowest BCUT2D eigenvalue weighted by molar-refractivity contribution is 0.0951. The van der Waals surface area contributed by atoms with Crippen molar-refractivity contribution in [1.29, 1.82) is 0 Å². The van der Waals surface area contributed by atoms with Crippen LogP contribution in [0.2, 0.25) is 0 Å². The number of nitrogens with zero attached hydrogens (tertiary/aromatic N) is 3. The molecule has 0 bridgehead atoms. The second-order valence-electron chi connectivity index (χ2n) is 4.75. The third-order valence-electron chi connectivity index (χ3n) is 3.30. The summed E-state index contributed by atoms with van der Waals surface area (Å²) in [7, 11) is 0. The quantitative estimate of drug-likeness (QED) is 0.890. The Morgan fingerprint density at radius 1 is 1.14 bits per heavy atom. The average molecular weight is 302 g/mol. The van der Waals surface area contributed by atoms with Gasteiger partial charge in [-0.05, 0) is 38.1 Å². The average Bonchev–Trinajstić information content (AvgIpc) is 2.55. The van der Waals surface area contributed by atoms with Gasteiger partial charge in [-0.25, -0.2) is 14.4 Å². The molecule has 22 heavy (non-hydrogen) atoms. The number of benzene rings is 1. The fourth-order valence-electron chi connectivity index (χ4n) is 1.99. The Bertz CT molecular complexity index is 609. The first-order chi connectivity index (χ1) is 10.6. The summed E-state index contributed by atoms with van der Waals surface area (Å²) in [6, 6.07) is 5.42. The highest BCUT2D eigenvalue weighted by molar-refractivity contribution is 5.94. The predicted octanol–water partition coefficient (Wildman–Crippen LogP) is 2.39. The van der Waals surface area contributed by atoms with E-state index < -0.39 is 0 Å². The lowest BCUT2D eigenvalue weighted by atomic mass is 10.2. The zero-order chi connectivity index (χ0) is 15.9. The van der Waals surface area contributed by atoms with Gasteiger partial charge in [-0.15, -0.1) is 0 Å². The molecule has 0 aliphatic rings. The van der Waals surface area contributed by atoms with Gasteiger partial charge in [-0.3, -0.25) is 4.79 Å². The molecule has 0 saturated carbocycles. The number of carbonyl (C=O) groups is 1. The SMILES string of the molecule is CCN(CC)c1ncc(CNC(=O)c2ccc(F)cc2)cn1. The Labute approximate surface area is 129 Å². The summed E-state index contributed by atoms with van der Waals surface area (Å²) in [5.74, 6) is 0.0587. The number of nitrogens with one attached hydrogen (secondary N) is 1. The van der Waals surface area contributed by atoms with E-state index >= 15 is 0 Å². The van der Waals surface area contributed by atoms with Crippen LogP contribution in [-0.2, 0) is 6.54 Å². The van der Waals surface area contributed by atoms with Crippen LogP contribution < -0.4 is 10.2 Å². The molecule has 0 aliphatic carbocycles. The van der Waals surface area contributed by atoms with Crippen LogP contribution in [0.3, 0.4) is 0 Å². The van der Waals surface area contributed by atoms with Gasteiger partial charge in [-0.1, -0.05) is 0 Å². The summed E-state index contributed by atoms with van der Waals surface area (Å²) in [6.45, 7) is 6.11. The Hall–Kier alpha value is -2.50. The molecule has 0 fully saturated rings. The molecule has 1 aromatic heterocycles. The van der Waals surface area contributed by atoms with Crippen molar-refractivity contribution in [3.8, 4) is 0 Å². The van der Waals surface area contributed by atoms with Gasteiger partial charge in [0.1, 0.15) is 5.82 Å². The second kappa shape index (κ2) is 7.49. The van der Waals surface area contributed by atoms with E-state index in [0.717, 1.165) is 18.7 Å². The smallest absolute Gasteiger partial charge is 0.251 e. The zero-order valence-electron chi connectivity index (χ0n) is 12.7. The van der Waals surface area contributed by atoms with Crippen molar-refractivity contribution in [2.45, 2.75) is 20.4 Å². The molecule has 1 heterocycles. The van der Waals surface area contributed by atoms with E-state index in [1.54, 1.807) is 12.4 Å². The molecule has 1 amide bonds. The third kappa shape index (κ3) is 4.00. The first-order valence-electron chi connectivity index (χ1n) is 7.23. The van der Waals surface area contributed by atoms with Gasteiger partial charge >= 0.3 is 0 Å². The van der Waals surface area contributed by atoms with E-state index in [1.807, 2.05) is 18.7 Å². The van der Waals surface area contributed by atoms with Crippen molar-refractivity contribution in [2.24, 2.45) is 0 Å². The highest BCUT2D eigenvalue weighted by Gasteiger charge is 2.07. The van der Waals surface area contributed by atoms with Crippen molar-refractivity contribution in [3.63, 3.8) is 0 Å². The van der Waals surface area contributed by atoms with Crippen LogP contribution in [0.25, 0.3) is 0 Å². The topological polar surface area (TPSA) is 58.1 Å². The molecule has 0 aliphatic heterocycles. The summed E-state index contributed by atoms with van der Waals surface area (Å²) < 4.78 is 12.8. The molecule has 1 N–H and O–H groups in total. The molecule has 5 nitrogen and oxygen atoms in total. The van der Waals surface area contributed by atoms with Crippen LogP contribution in [0.1, 0.15) is 29.8 Å². The normalized spacial score (nSPS) is 10.3. The van der Waals surface area contributed by atoms with Crippen molar-refractivity contribution in [2.75, 3.05) is 18.0 Å². The number of carbonyl (C=O) groups excluding carboxylic acids is 1. The van der Waals surface area contributed by atoms with Crippen LogP contribution in [-0.4, -0.2) is 29.0 Å². The lowest BCUT2D eigenvalue weighted by Gasteiger charge is -2.18. The monoisotopic (exact) mass is 302 g/mol. The van der Waals surface area contributed by atoms with E-state index in [1.165, 1.54) is 24.3 Å². The Morgan fingerprint density at radius 3 is 2.27 bits per heavy atom. The van der Waals surface area contributed by atoms with Gasteiger partial charge in [0.15, 0.2) is 0 Å². The molecule has 0 spiro atoms. The van der Waals surface area contributed by atoms with Crippen LogP contribution in [0.5, 0.6) is 0 Å². The molecule has 116 valence electrons. The fourth-order valence-corrected chi connectivity index (χ4v) is 1.99. The molecule has 0 unspecified atom stereocenters. The lowest BCUT2D eigenvalue weighted by Crippen LogP contribution is -2.25. The number of hydrogen-bond acceptors (Lipinski definition) is 4. The zero-order valence-corrected chi connectivity index (χ0v) is 12.7. The number of halogens is 1. The fraction of sp³-hybridized carbons (Fsp3) is 0.312.